The molecule has 0 aliphatic rings. The number of rotatable bonds is 6. The van der Waals surface area contributed by atoms with Gasteiger partial charge in [0.2, 0.25) is 0 Å². The standard InChI is InChI=1S/C13H16ClFO2/c1-3-4-13(17-2)12(16)8-9-5-6-11(15)10(14)7-9/h5-7,13H,3-4,8H2,1-2H3. The third kappa shape index (κ3) is 4.10. The Morgan fingerprint density at radius 2 is 2.24 bits per heavy atom. The second kappa shape index (κ2) is 6.72. The summed E-state index contributed by atoms with van der Waals surface area (Å²) in [5.41, 5.74) is 0.708. The lowest BCUT2D eigenvalue weighted by Crippen LogP contribution is -2.24. The fourth-order valence-electron chi connectivity index (χ4n) is 1.64. The van der Waals surface area contributed by atoms with Gasteiger partial charge in [-0.05, 0) is 24.1 Å². The molecule has 2 nitrogen and oxygen atoms in total. The van der Waals surface area contributed by atoms with Crippen molar-refractivity contribution in [2.75, 3.05) is 7.11 Å². The van der Waals surface area contributed by atoms with Crippen molar-refractivity contribution in [1.82, 2.24) is 0 Å². The zero-order chi connectivity index (χ0) is 12.8. The lowest BCUT2D eigenvalue weighted by atomic mass is 10.0. The number of carbonyl (C=O) groups excluding carboxylic acids is 1. The first-order valence-electron chi connectivity index (χ1n) is 5.58. The molecule has 0 aromatic heterocycles. The first-order valence-corrected chi connectivity index (χ1v) is 5.95. The number of Topliss-reactive ketones (excluding diaryl/α,β-unsaturated/α-hetero) is 1. The molecule has 0 amide bonds. The van der Waals surface area contributed by atoms with Crippen molar-refractivity contribution in [1.29, 1.82) is 0 Å². The lowest BCUT2D eigenvalue weighted by molar-refractivity contribution is -0.128. The van der Waals surface area contributed by atoms with Crippen molar-refractivity contribution in [3.63, 3.8) is 0 Å². The minimum absolute atomic E-state index is 0.00275. The Hall–Kier alpha value is -0.930. The molecule has 0 saturated heterocycles. The summed E-state index contributed by atoms with van der Waals surface area (Å²) in [5, 5.41) is 0.0414. The number of methoxy groups -OCH3 is 1. The van der Waals surface area contributed by atoms with E-state index in [4.69, 9.17) is 16.3 Å². The van der Waals surface area contributed by atoms with E-state index in [0.717, 1.165) is 6.42 Å². The van der Waals surface area contributed by atoms with Gasteiger partial charge in [-0.1, -0.05) is 31.0 Å². The summed E-state index contributed by atoms with van der Waals surface area (Å²) in [6.45, 7) is 1.99. The molecule has 17 heavy (non-hydrogen) atoms. The Morgan fingerprint density at radius 3 is 2.76 bits per heavy atom. The molecule has 0 aliphatic carbocycles. The molecule has 0 N–H and O–H groups in total. The Balaban J connectivity index is 2.69. The van der Waals surface area contributed by atoms with Crippen molar-refractivity contribution in [3.05, 3.63) is 34.6 Å². The van der Waals surface area contributed by atoms with Gasteiger partial charge in [0.15, 0.2) is 5.78 Å². The molecule has 4 heteroatoms. The Bertz CT molecular complexity index is 393. The van der Waals surface area contributed by atoms with Crippen molar-refractivity contribution in [3.8, 4) is 0 Å². The number of ketones is 1. The molecule has 1 aromatic carbocycles. The molecule has 1 aromatic rings. The van der Waals surface area contributed by atoms with E-state index in [9.17, 15) is 9.18 Å². The highest BCUT2D eigenvalue weighted by Gasteiger charge is 2.17. The first kappa shape index (κ1) is 14.1. The molecule has 0 bridgehead atoms. The first-order chi connectivity index (χ1) is 8.08. The summed E-state index contributed by atoms with van der Waals surface area (Å²) >= 11 is 5.65. The van der Waals surface area contributed by atoms with Crippen LogP contribution in [0.3, 0.4) is 0 Å². The monoisotopic (exact) mass is 258 g/mol. The molecule has 1 rings (SSSR count). The van der Waals surface area contributed by atoms with E-state index in [2.05, 4.69) is 0 Å². The van der Waals surface area contributed by atoms with E-state index in [1.54, 1.807) is 6.07 Å². The van der Waals surface area contributed by atoms with Gasteiger partial charge >= 0.3 is 0 Å². The number of hydrogen-bond donors (Lipinski definition) is 0. The molecule has 1 unspecified atom stereocenters. The molecule has 0 saturated carbocycles. The zero-order valence-corrected chi connectivity index (χ0v) is 10.8. The van der Waals surface area contributed by atoms with E-state index in [0.29, 0.717) is 12.0 Å². The molecule has 94 valence electrons. The molecule has 0 spiro atoms. The summed E-state index contributed by atoms with van der Waals surface area (Å²) in [5.74, 6) is -0.475. The third-order valence-corrected chi connectivity index (χ3v) is 2.85. The predicted molar refractivity (Wildman–Crippen MR) is 65.8 cm³/mol. The summed E-state index contributed by atoms with van der Waals surface area (Å²) < 4.78 is 18.1. The average molecular weight is 259 g/mol. The summed E-state index contributed by atoms with van der Waals surface area (Å²) in [6.07, 6.45) is 1.42. The second-order valence-electron chi connectivity index (χ2n) is 3.90. The molecular weight excluding hydrogens is 243 g/mol. The van der Waals surface area contributed by atoms with Gasteiger partial charge in [0, 0.05) is 13.5 Å². The number of benzene rings is 1. The fraction of sp³-hybridized carbons (Fsp3) is 0.462. The fourth-order valence-corrected chi connectivity index (χ4v) is 1.84. The van der Waals surface area contributed by atoms with Crippen molar-refractivity contribution < 1.29 is 13.9 Å². The van der Waals surface area contributed by atoms with Gasteiger partial charge < -0.3 is 4.74 Å². The van der Waals surface area contributed by atoms with Crippen molar-refractivity contribution in [2.24, 2.45) is 0 Å². The normalized spacial score (nSPS) is 12.5. The highest BCUT2D eigenvalue weighted by molar-refractivity contribution is 6.30. The third-order valence-electron chi connectivity index (χ3n) is 2.56. The number of carbonyl (C=O) groups is 1. The molecule has 0 aliphatic heterocycles. The number of ether oxygens (including phenoxy) is 1. The summed E-state index contributed by atoms with van der Waals surface area (Å²) in [7, 11) is 1.52. The van der Waals surface area contributed by atoms with Crippen LogP contribution in [0.4, 0.5) is 4.39 Å². The lowest BCUT2D eigenvalue weighted by Gasteiger charge is -2.13. The van der Waals surface area contributed by atoms with Crippen LogP contribution in [-0.2, 0) is 16.0 Å². The number of hydrogen-bond acceptors (Lipinski definition) is 2. The van der Waals surface area contributed by atoms with Gasteiger partial charge in [0.25, 0.3) is 0 Å². The van der Waals surface area contributed by atoms with Gasteiger partial charge in [0.05, 0.1) is 5.02 Å². The van der Waals surface area contributed by atoms with Crippen LogP contribution in [0.5, 0.6) is 0 Å². The maximum Gasteiger partial charge on any atom is 0.165 e. The molecule has 1 atom stereocenters. The summed E-state index contributed by atoms with van der Waals surface area (Å²) in [4.78, 5) is 11.9. The maximum absolute atomic E-state index is 12.9. The van der Waals surface area contributed by atoms with Crippen LogP contribution < -0.4 is 0 Å². The van der Waals surface area contributed by atoms with Gasteiger partial charge in [0.1, 0.15) is 11.9 Å². The van der Waals surface area contributed by atoms with Gasteiger partial charge in [-0.2, -0.15) is 0 Å². The Morgan fingerprint density at radius 1 is 1.53 bits per heavy atom. The maximum atomic E-state index is 12.9. The van der Waals surface area contributed by atoms with E-state index < -0.39 is 5.82 Å². The summed E-state index contributed by atoms with van der Waals surface area (Å²) in [6, 6.07) is 4.32. The highest BCUT2D eigenvalue weighted by Crippen LogP contribution is 2.17. The Kier molecular flexibility index (Phi) is 5.59. The van der Waals surface area contributed by atoms with Gasteiger partial charge in [-0.25, -0.2) is 4.39 Å². The minimum atomic E-state index is -0.472. The molecular formula is C13H16ClFO2. The smallest absolute Gasteiger partial charge is 0.165 e. The average Bonchev–Trinajstić information content (AvgIpc) is 2.30. The topological polar surface area (TPSA) is 26.3 Å². The second-order valence-corrected chi connectivity index (χ2v) is 4.31. The van der Waals surface area contributed by atoms with Gasteiger partial charge in [-0.3, -0.25) is 4.79 Å². The van der Waals surface area contributed by atoms with Crippen LogP contribution in [0.2, 0.25) is 5.02 Å². The van der Waals surface area contributed by atoms with Crippen LogP contribution >= 0.6 is 11.6 Å². The SMILES string of the molecule is CCCC(OC)C(=O)Cc1ccc(F)c(Cl)c1. The van der Waals surface area contributed by atoms with Crippen molar-refractivity contribution in [2.45, 2.75) is 32.3 Å². The largest absolute Gasteiger partial charge is 0.374 e. The van der Waals surface area contributed by atoms with Crippen molar-refractivity contribution >= 4 is 17.4 Å². The van der Waals surface area contributed by atoms with Crippen LogP contribution in [0.15, 0.2) is 18.2 Å². The van der Waals surface area contributed by atoms with E-state index >= 15 is 0 Å². The quantitative estimate of drug-likeness (QED) is 0.782. The van der Waals surface area contributed by atoms with Crippen LogP contribution in [0, 0.1) is 5.82 Å². The van der Waals surface area contributed by atoms with Crippen LogP contribution in [0.25, 0.3) is 0 Å². The van der Waals surface area contributed by atoms with E-state index in [1.165, 1.54) is 19.2 Å². The Labute approximate surface area is 106 Å². The predicted octanol–water partition coefficient (Wildman–Crippen LogP) is 3.41. The van der Waals surface area contributed by atoms with Crippen LogP contribution in [0.1, 0.15) is 25.3 Å². The molecule has 0 fully saturated rings. The van der Waals surface area contributed by atoms with Gasteiger partial charge in [-0.15, -0.1) is 0 Å². The van der Waals surface area contributed by atoms with E-state index in [1.807, 2.05) is 6.92 Å². The minimum Gasteiger partial charge on any atom is -0.374 e. The number of halogens is 2. The highest BCUT2D eigenvalue weighted by atomic mass is 35.5. The molecule has 0 heterocycles. The van der Waals surface area contributed by atoms with Crippen LogP contribution in [-0.4, -0.2) is 19.0 Å². The van der Waals surface area contributed by atoms with E-state index in [-0.39, 0.29) is 23.3 Å². The molecule has 0 radical (unpaired) electrons. The zero-order valence-electron chi connectivity index (χ0n) is 10.0.